The first-order valence-electron chi connectivity index (χ1n) is 2.53. The molecule has 5 nitrogen and oxygen atoms in total. The second kappa shape index (κ2) is 6.38. The molecule has 0 saturated carbocycles. The Bertz CT molecular complexity index is 146. The summed E-state index contributed by atoms with van der Waals surface area (Å²) in [4.78, 5) is 20.0. The number of methoxy groups -OCH3 is 1. The van der Waals surface area contributed by atoms with Crippen LogP contribution in [-0.4, -0.2) is 53.3 Å². The van der Waals surface area contributed by atoms with Crippen molar-refractivity contribution in [2.24, 2.45) is 0 Å². The normalized spacial score (nSPS) is 11.1. The van der Waals surface area contributed by atoms with E-state index in [2.05, 4.69) is 4.74 Å². The zero-order valence-corrected chi connectivity index (χ0v) is 7.49. The Morgan fingerprint density at radius 3 is 2.36 bits per heavy atom. The molecule has 11 heavy (non-hydrogen) atoms. The van der Waals surface area contributed by atoms with E-state index in [0.29, 0.717) is 0 Å². The van der Waals surface area contributed by atoms with Gasteiger partial charge in [-0.1, -0.05) is 0 Å². The van der Waals surface area contributed by atoms with Crippen LogP contribution in [0.4, 0.5) is 0 Å². The van der Waals surface area contributed by atoms with Crippen LogP contribution in [0.15, 0.2) is 0 Å². The van der Waals surface area contributed by atoms with Crippen molar-refractivity contribution in [3.05, 3.63) is 0 Å². The fourth-order valence-electron chi connectivity index (χ4n) is 0.377. The van der Waals surface area contributed by atoms with Gasteiger partial charge in [0.05, 0.1) is 7.11 Å². The van der Waals surface area contributed by atoms with E-state index in [9.17, 15) is 14.7 Å². The number of ether oxygens (including phenoxy) is 1. The summed E-state index contributed by atoms with van der Waals surface area (Å²) >= 11 is 0. The van der Waals surface area contributed by atoms with Crippen LogP contribution in [0.5, 0.6) is 0 Å². The fraction of sp³-hybridized carbons (Fsp3) is 0.600. The molecule has 0 aliphatic carbocycles. The Labute approximate surface area is 79.5 Å². The van der Waals surface area contributed by atoms with Gasteiger partial charge in [-0.2, -0.15) is 0 Å². The molecule has 1 atom stereocenters. The third kappa shape index (κ3) is 6.08. The number of carboxylic acids is 1. The van der Waals surface area contributed by atoms with Gasteiger partial charge >= 0.3 is 29.0 Å². The number of hydrogen-bond donors (Lipinski definition) is 1. The van der Waals surface area contributed by atoms with Crippen molar-refractivity contribution in [1.82, 2.24) is 0 Å². The van der Waals surface area contributed by atoms with Crippen LogP contribution < -0.4 is 5.11 Å². The first-order chi connectivity index (χ1) is 4.57. The van der Waals surface area contributed by atoms with Gasteiger partial charge in [-0.15, -0.1) is 0 Å². The van der Waals surface area contributed by atoms with Crippen molar-refractivity contribution in [2.75, 3.05) is 7.11 Å². The quantitative estimate of drug-likeness (QED) is 0.368. The van der Waals surface area contributed by atoms with Gasteiger partial charge in [0.15, 0.2) is 6.10 Å². The zero-order valence-electron chi connectivity index (χ0n) is 6.07. The molecule has 1 N–H and O–H groups in total. The molecule has 6 heteroatoms. The SMILES string of the molecule is COC(=O)C(O)CC(=O)[O-].[Mg+]. The van der Waals surface area contributed by atoms with Crippen molar-refractivity contribution in [3.8, 4) is 0 Å². The van der Waals surface area contributed by atoms with Gasteiger partial charge in [-0.05, 0) is 0 Å². The summed E-state index contributed by atoms with van der Waals surface area (Å²) in [6, 6.07) is 0. The molecule has 0 heterocycles. The maximum atomic E-state index is 10.3. The van der Waals surface area contributed by atoms with Crippen molar-refractivity contribution in [3.63, 3.8) is 0 Å². The second-order valence-electron chi connectivity index (χ2n) is 1.62. The number of aliphatic hydroxyl groups excluding tert-OH is 1. The first-order valence-corrected chi connectivity index (χ1v) is 2.53. The molecule has 0 aromatic rings. The molecule has 0 bridgehead atoms. The summed E-state index contributed by atoms with van der Waals surface area (Å²) < 4.78 is 4.03. The number of rotatable bonds is 3. The van der Waals surface area contributed by atoms with Crippen molar-refractivity contribution in [2.45, 2.75) is 12.5 Å². The van der Waals surface area contributed by atoms with Crippen molar-refractivity contribution < 1.29 is 24.5 Å². The summed E-state index contributed by atoms with van der Waals surface area (Å²) in [5, 5.41) is 18.3. The molecule has 0 aromatic carbocycles. The van der Waals surface area contributed by atoms with Gasteiger partial charge < -0.3 is 19.7 Å². The minimum absolute atomic E-state index is 0. The summed E-state index contributed by atoms with van der Waals surface area (Å²) in [6.45, 7) is 0. The molecule has 0 aliphatic heterocycles. The van der Waals surface area contributed by atoms with Crippen LogP contribution in [-0.2, 0) is 14.3 Å². The molecular formula is C5H7MgO5. The molecule has 0 fully saturated rings. The maximum absolute atomic E-state index is 10.3. The number of carbonyl (C=O) groups is 2. The topological polar surface area (TPSA) is 86.7 Å². The summed E-state index contributed by atoms with van der Waals surface area (Å²) in [5.41, 5.74) is 0. The third-order valence-corrected chi connectivity index (χ3v) is 0.833. The van der Waals surface area contributed by atoms with E-state index in [-0.39, 0.29) is 23.1 Å². The Hall–Kier alpha value is -0.334. The molecule has 0 aromatic heterocycles. The van der Waals surface area contributed by atoms with Gasteiger partial charge in [-0.3, -0.25) is 0 Å². The smallest absolute Gasteiger partial charge is 0.550 e. The van der Waals surface area contributed by atoms with Crippen molar-refractivity contribution >= 4 is 35.0 Å². The van der Waals surface area contributed by atoms with Crippen LogP contribution in [0.3, 0.4) is 0 Å². The number of carbonyl (C=O) groups excluding carboxylic acids is 2. The van der Waals surface area contributed by atoms with E-state index in [0.717, 1.165) is 7.11 Å². The van der Waals surface area contributed by atoms with Gasteiger partial charge in [0.2, 0.25) is 0 Å². The van der Waals surface area contributed by atoms with Crippen LogP contribution in [0.2, 0.25) is 0 Å². The van der Waals surface area contributed by atoms with E-state index in [1.165, 1.54) is 0 Å². The Morgan fingerprint density at radius 1 is 1.64 bits per heavy atom. The minimum atomic E-state index is -1.62. The largest absolute Gasteiger partial charge is 1.00 e. The molecule has 0 saturated heterocycles. The van der Waals surface area contributed by atoms with Crippen LogP contribution in [0, 0.1) is 0 Å². The number of carboxylic acid groups (broad SMARTS) is 1. The molecule has 1 unspecified atom stereocenters. The summed E-state index contributed by atoms with van der Waals surface area (Å²) in [5.74, 6) is -2.46. The number of aliphatic carboxylic acids is 1. The molecule has 1 radical (unpaired) electrons. The Balaban J connectivity index is 0. The molecular weight excluding hydrogens is 164 g/mol. The van der Waals surface area contributed by atoms with Crippen LogP contribution in [0.25, 0.3) is 0 Å². The van der Waals surface area contributed by atoms with Gasteiger partial charge in [-0.25, -0.2) is 4.79 Å². The second-order valence-corrected chi connectivity index (χ2v) is 1.62. The summed E-state index contributed by atoms with van der Waals surface area (Å²) in [7, 11) is 1.06. The number of esters is 1. The molecule has 0 spiro atoms. The maximum Gasteiger partial charge on any atom is 1.00 e. The average Bonchev–Trinajstić information content (AvgIpc) is 1.85. The van der Waals surface area contributed by atoms with Crippen LogP contribution >= 0.6 is 0 Å². The van der Waals surface area contributed by atoms with Crippen LogP contribution in [0.1, 0.15) is 6.42 Å². The minimum Gasteiger partial charge on any atom is -0.550 e. The van der Waals surface area contributed by atoms with E-state index in [4.69, 9.17) is 5.11 Å². The van der Waals surface area contributed by atoms with Gasteiger partial charge in [0.25, 0.3) is 0 Å². The predicted octanol–water partition coefficient (Wildman–Crippen LogP) is -2.72. The monoisotopic (exact) mass is 171 g/mol. The van der Waals surface area contributed by atoms with Crippen molar-refractivity contribution in [1.29, 1.82) is 0 Å². The average molecular weight is 171 g/mol. The number of hydrogen-bond acceptors (Lipinski definition) is 5. The summed E-state index contributed by atoms with van der Waals surface area (Å²) in [6.07, 6.45) is -2.35. The van der Waals surface area contributed by atoms with Gasteiger partial charge in [0, 0.05) is 12.4 Å². The molecule has 0 rings (SSSR count). The van der Waals surface area contributed by atoms with Gasteiger partial charge in [0.1, 0.15) is 0 Å². The Kier molecular flexibility index (Phi) is 7.70. The first kappa shape index (κ1) is 13.3. The van der Waals surface area contributed by atoms with E-state index in [1.54, 1.807) is 0 Å². The molecule has 0 amide bonds. The zero-order chi connectivity index (χ0) is 8.15. The molecule has 59 valence electrons. The fourth-order valence-corrected chi connectivity index (χ4v) is 0.377. The van der Waals surface area contributed by atoms with E-state index < -0.39 is 24.5 Å². The van der Waals surface area contributed by atoms with E-state index >= 15 is 0 Å². The number of aliphatic hydroxyl groups is 1. The Morgan fingerprint density at radius 2 is 2.09 bits per heavy atom. The molecule has 0 aliphatic rings. The third-order valence-electron chi connectivity index (χ3n) is 0.833. The van der Waals surface area contributed by atoms with E-state index in [1.807, 2.05) is 0 Å². The standard InChI is InChI=1S/C5H8O5.Mg/c1-10-5(9)3(6)2-4(7)8;/h3,6H,2H2,1H3,(H,7,8);/q;+1/p-1. The predicted molar refractivity (Wildman–Crippen MR) is 33.4 cm³/mol.